The van der Waals surface area contributed by atoms with Crippen molar-refractivity contribution in [2.24, 2.45) is 5.92 Å². The van der Waals surface area contributed by atoms with Crippen molar-refractivity contribution in [3.8, 4) is 0 Å². The third-order valence-corrected chi connectivity index (χ3v) is 4.33. The largest absolute Gasteiger partial charge is 0.481 e. The lowest BCUT2D eigenvalue weighted by Gasteiger charge is -2.36. The number of likely N-dealkylation sites (tertiary alicyclic amines) is 1. The first-order valence-corrected chi connectivity index (χ1v) is 7.00. The van der Waals surface area contributed by atoms with Crippen LogP contribution in [0.25, 0.3) is 0 Å². The van der Waals surface area contributed by atoms with Gasteiger partial charge in [-0.05, 0) is 31.2 Å². The van der Waals surface area contributed by atoms with Crippen LogP contribution in [0.2, 0.25) is 0 Å². The van der Waals surface area contributed by atoms with Crippen molar-refractivity contribution < 1.29 is 14.7 Å². The highest BCUT2D eigenvalue weighted by Gasteiger charge is 2.31. The molecule has 1 aliphatic heterocycles. The van der Waals surface area contributed by atoms with Crippen LogP contribution in [0.3, 0.4) is 0 Å². The molecule has 1 saturated heterocycles. The second-order valence-corrected chi connectivity index (χ2v) is 5.78. The van der Waals surface area contributed by atoms with E-state index in [4.69, 9.17) is 5.11 Å². The highest BCUT2D eigenvalue weighted by Crippen LogP contribution is 2.24. The molecule has 0 aliphatic carbocycles. The number of hydrogen-bond donors (Lipinski definition) is 1. The van der Waals surface area contributed by atoms with Gasteiger partial charge in [-0.3, -0.25) is 9.59 Å². The molecule has 4 nitrogen and oxygen atoms in total. The Morgan fingerprint density at radius 1 is 1.56 bits per heavy atom. The summed E-state index contributed by atoms with van der Waals surface area (Å²) in [5.74, 6) is -0.938. The predicted octanol–water partition coefficient (Wildman–Crippen LogP) is 2.00. The molecule has 0 saturated carbocycles. The van der Waals surface area contributed by atoms with Gasteiger partial charge in [-0.1, -0.05) is 6.07 Å². The van der Waals surface area contributed by atoms with Crippen molar-refractivity contribution in [1.29, 1.82) is 0 Å². The van der Waals surface area contributed by atoms with Gasteiger partial charge in [-0.15, -0.1) is 11.3 Å². The van der Waals surface area contributed by atoms with Crippen molar-refractivity contribution in [2.45, 2.75) is 32.2 Å². The topological polar surface area (TPSA) is 57.6 Å². The molecule has 1 aliphatic rings. The Labute approximate surface area is 110 Å². The molecule has 1 aromatic rings. The quantitative estimate of drug-likeness (QED) is 0.911. The second kappa shape index (κ2) is 5.52. The summed E-state index contributed by atoms with van der Waals surface area (Å²) in [6, 6.07) is 3.91. The number of hydrogen-bond acceptors (Lipinski definition) is 3. The minimum atomic E-state index is -0.743. The summed E-state index contributed by atoms with van der Waals surface area (Å²) in [6.45, 7) is 2.49. The van der Waals surface area contributed by atoms with Crippen LogP contribution in [0.5, 0.6) is 0 Å². The molecule has 2 heterocycles. The van der Waals surface area contributed by atoms with Gasteiger partial charge in [-0.2, -0.15) is 0 Å². The van der Waals surface area contributed by atoms with E-state index < -0.39 is 5.97 Å². The van der Waals surface area contributed by atoms with Crippen LogP contribution in [0.4, 0.5) is 0 Å². The minimum Gasteiger partial charge on any atom is -0.481 e. The molecule has 0 spiro atoms. The van der Waals surface area contributed by atoms with Gasteiger partial charge in [0.2, 0.25) is 5.91 Å². The molecule has 0 bridgehead atoms. The molecule has 0 aromatic carbocycles. The number of piperidine rings is 1. The van der Waals surface area contributed by atoms with E-state index in [1.165, 1.54) is 0 Å². The van der Waals surface area contributed by atoms with Gasteiger partial charge in [0.25, 0.3) is 0 Å². The van der Waals surface area contributed by atoms with E-state index in [-0.39, 0.29) is 17.9 Å². The van der Waals surface area contributed by atoms with Gasteiger partial charge in [0.1, 0.15) is 0 Å². The average Bonchev–Trinajstić information content (AvgIpc) is 2.81. The van der Waals surface area contributed by atoms with Crippen molar-refractivity contribution in [3.63, 3.8) is 0 Å². The number of aliphatic carboxylic acids is 1. The Balaban J connectivity index is 1.94. The number of thiophene rings is 1. The maximum atomic E-state index is 12.1. The number of rotatable bonds is 3. The zero-order valence-electron chi connectivity index (χ0n) is 10.3. The lowest BCUT2D eigenvalue weighted by molar-refractivity contribution is -0.147. The van der Waals surface area contributed by atoms with E-state index in [0.717, 1.165) is 4.88 Å². The lowest BCUT2D eigenvalue weighted by Crippen LogP contribution is -2.46. The number of nitrogens with zero attached hydrogens (tertiary/aromatic N) is 1. The molecule has 2 unspecified atom stereocenters. The van der Waals surface area contributed by atoms with Crippen molar-refractivity contribution in [3.05, 3.63) is 22.4 Å². The summed E-state index contributed by atoms with van der Waals surface area (Å²) in [6.07, 6.45) is 1.56. The molecule has 2 rings (SSSR count). The third kappa shape index (κ3) is 2.90. The molecule has 2 atom stereocenters. The van der Waals surface area contributed by atoms with Gasteiger partial charge >= 0.3 is 5.97 Å². The Morgan fingerprint density at radius 2 is 2.33 bits per heavy atom. The molecule has 98 valence electrons. The van der Waals surface area contributed by atoms with Crippen LogP contribution in [0, 0.1) is 5.92 Å². The first-order chi connectivity index (χ1) is 8.58. The molecule has 0 radical (unpaired) electrons. The summed E-state index contributed by atoms with van der Waals surface area (Å²) >= 11 is 1.58. The third-order valence-electron chi connectivity index (χ3n) is 3.45. The Kier molecular flexibility index (Phi) is 4.01. The summed E-state index contributed by atoms with van der Waals surface area (Å²) in [5, 5.41) is 10.9. The van der Waals surface area contributed by atoms with Gasteiger partial charge in [0.05, 0.1) is 12.3 Å². The molecule has 1 aromatic heterocycles. The van der Waals surface area contributed by atoms with E-state index in [1.54, 1.807) is 11.3 Å². The highest BCUT2D eigenvalue weighted by molar-refractivity contribution is 7.10. The second-order valence-electron chi connectivity index (χ2n) is 4.75. The maximum Gasteiger partial charge on any atom is 0.306 e. The molecule has 1 fully saturated rings. The number of amides is 1. The van der Waals surface area contributed by atoms with Crippen LogP contribution in [0.15, 0.2) is 17.5 Å². The predicted molar refractivity (Wildman–Crippen MR) is 69.6 cm³/mol. The SMILES string of the molecule is CC1CC(C(=O)O)CCN1C(=O)Cc1cccs1. The molecule has 1 N–H and O–H groups in total. The monoisotopic (exact) mass is 267 g/mol. The maximum absolute atomic E-state index is 12.1. The standard InChI is InChI=1S/C13H17NO3S/c1-9-7-10(13(16)17)4-5-14(9)12(15)8-11-3-2-6-18-11/h2-3,6,9-10H,4-5,7-8H2,1H3,(H,16,17). The zero-order chi connectivity index (χ0) is 13.1. The Hall–Kier alpha value is -1.36. The molecular formula is C13H17NO3S. The fourth-order valence-corrected chi connectivity index (χ4v) is 3.13. The van der Waals surface area contributed by atoms with Gasteiger partial charge < -0.3 is 10.0 Å². The van der Waals surface area contributed by atoms with Crippen LogP contribution >= 0.6 is 11.3 Å². The normalized spacial score (nSPS) is 23.9. The molecule has 5 heteroatoms. The van der Waals surface area contributed by atoms with Crippen molar-refractivity contribution in [1.82, 2.24) is 4.90 Å². The van der Waals surface area contributed by atoms with Crippen LogP contribution in [0.1, 0.15) is 24.6 Å². The minimum absolute atomic E-state index is 0.0207. The first-order valence-electron chi connectivity index (χ1n) is 6.12. The van der Waals surface area contributed by atoms with Crippen molar-refractivity contribution >= 4 is 23.2 Å². The van der Waals surface area contributed by atoms with Gasteiger partial charge in [0, 0.05) is 17.5 Å². The number of carboxylic acids is 1. The summed E-state index contributed by atoms with van der Waals surface area (Å²) in [5.41, 5.74) is 0. The Morgan fingerprint density at radius 3 is 2.89 bits per heavy atom. The highest BCUT2D eigenvalue weighted by atomic mass is 32.1. The average molecular weight is 267 g/mol. The van der Waals surface area contributed by atoms with E-state index in [2.05, 4.69) is 0 Å². The van der Waals surface area contributed by atoms with Crippen molar-refractivity contribution in [2.75, 3.05) is 6.54 Å². The van der Waals surface area contributed by atoms with Gasteiger partial charge in [-0.25, -0.2) is 0 Å². The Bertz CT molecular complexity index is 429. The molecular weight excluding hydrogens is 250 g/mol. The lowest BCUT2D eigenvalue weighted by atomic mass is 9.91. The van der Waals surface area contributed by atoms with Crippen LogP contribution in [-0.4, -0.2) is 34.5 Å². The molecule has 1 amide bonds. The molecule has 18 heavy (non-hydrogen) atoms. The first kappa shape index (κ1) is 13.1. The summed E-state index contributed by atoms with van der Waals surface area (Å²) in [4.78, 5) is 25.9. The smallest absolute Gasteiger partial charge is 0.306 e. The zero-order valence-corrected chi connectivity index (χ0v) is 11.2. The summed E-state index contributed by atoms with van der Waals surface area (Å²) < 4.78 is 0. The van der Waals surface area contributed by atoms with Crippen LogP contribution < -0.4 is 0 Å². The fourth-order valence-electron chi connectivity index (χ4n) is 2.43. The van der Waals surface area contributed by atoms with E-state index in [9.17, 15) is 9.59 Å². The van der Waals surface area contributed by atoms with Gasteiger partial charge in [0.15, 0.2) is 0 Å². The fraction of sp³-hybridized carbons (Fsp3) is 0.538. The van der Waals surface area contributed by atoms with E-state index in [0.29, 0.717) is 25.8 Å². The number of carbonyl (C=O) groups is 2. The van der Waals surface area contributed by atoms with E-state index in [1.807, 2.05) is 29.3 Å². The van der Waals surface area contributed by atoms with Crippen LogP contribution in [-0.2, 0) is 16.0 Å². The number of carbonyl (C=O) groups excluding carboxylic acids is 1. The number of carboxylic acid groups (broad SMARTS) is 1. The van der Waals surface area contributed by atoms with E-state index >= 15 is 0 Å². The summed E-state index contributed by atoms with van der Waals surface area (Å²) in [7, 11) is 0.